The molecule has 2 aromatic carbocycles. The lowest BCUT2D eigenvalue weighted by Crippen LogP contribution is -2.20. The molecule has 1 fully saturated rings. The Bertz CT molecular complexity index is 585. The molecule has 1 aliphatic carbocycles. The molecule has 0 amide bonds. The standard InChI is InChI=1S/C21H26O2/c22-15-19(16-6-4-5-7-16)14-21(17-8-2-1-3-9-17)18-10-12-20(23)13-11-18/h1-3,8-13,16,19,21-23H,4-7,14-15H2. The second kappa shape index (κ2) is 7.65. The van der Waals surface area contributed by atoms with Crippen LogP contribution in [0.2, 0.25) is 0 Å². The van der Waals surface area contributed by atoms with E-state index in [1.807, 2.05) is 18.2 Å². The molecular weight excluding hydrogens is 284 g/mol. The number of hydrogen-bond acceptors (Lipinski definition) is 2. The third kappa shape index (κ3) is 3.94. The van der Waals surface area contributed by atoms with Gasteiger partial charge in [0.15, 0.2) is 0 Å². The zero-order valence-electron chi connectivity index (χ0n) is 13.6. The van der Waals surface area contributed by atoms with Gasteiger partial charge in [0.25, 0.3) is 0 Å². The van der Waals surface area contributed by atoms with Gasteiger partial charge in [0.2, 0.25) is 0 Å². The first-order chi connectivity index (χ1) is 11.3. The van der Waals surface area contributed by atoms with Crippen molar-refractivity contribution >= 4 is 0 Å². The summed E-state index contributed by atoms with van der Waals surface area (Å²) in [5, 5.41) is 19.5. The molecule has 2 atom stereocenters. The minimum absolute atomic E-state index is 0.270. The van der Waals surface area contributed by atoms with Crippen LogP contribution in [0.1, 0.15) is 49.1 Å². The Balaban J connectivity index is 1.86. The maximum atomic E-state index is 9.93. The quantitative estimate of drug-likeness (QED) is 0.811. The average Bonchev–Trinajstić information content (AvgIpc) is 3.12. The van der Waals surface area contributed by atoms with E-state index < -0.39 is 0 Å². The summed E-state index contributed by atoms with van der Waals surface area (Å²) in [4.78, 5) is 0. The molecule has 0 aliphatic heterocycles. The van der Waals surface area contributed by atoms with Gasteiger partial charge in [-0.25, -0.2) is 0 Å². The fourth-order valence-corrected chi connectivity index (χ4v) is 4.00. The van der Waals surface area contributed by atoms with Gasteiger partial charge in [-0.15, -0.1) is 0 Å². The van der Waals surface area contributed by atoms with Crippen molar-refractivity contribution in [1.29, 1.82) is 0 Å². The van der Waals surface area contributed by atoms with Crippen LogP contribution in [0.5, 0.6) is 5.75 Å². The molecule has 0 aromatic heterocycles. The molecule has 1 aliphatic rings. The molecule has 23 heavy (non-hydrogen) atoms. The van der Waals surface area contributed by atoms with Crippen LogP contribution in [0.3, 0.4) is 0 Å². The summed E-state index contributed by atoms with van der Waals surface area (Å²) in [7, 11) is 0. The summed E-state index contributed by atoms with van der Waals surface area (Å²) in [5.41, 5.74) is 2.50. The summed E-state index contributed by atoms with van der Waals surface area (Å²) < 4.78 is 0. The van der Waals surface area contributed by atoms with Gasteiger partial charge < -0.3 is 10.2 Å². The van der Waals surface area contributed by atoms with Gasteiger partial charge >= 0.3 is 0 Å². The lowest BCUT2D eigenvalue weighted by molar-refractivity contribution is 0.164. The van der Waals surface area contributed by atoms with E-state index in [2.05, 4.69) is 24.3 Å². The van der Waals surface area contributed by atoms with E-state index in [-0.39, 0.29) is 12.5 Å². The number of hydrogen-bond donors (Lipinski definition) is 2. The van der Waals surface area contributed by atoms with Crippen LogP contribution in [0.25, 0.3) is 0 Å². The number of aliphatic hydroxyl groups is 1. The molecule has 1 saturated carbocycles. The maximum Gasteiger partial charge on any atom is 0.115 e. The summed E-state index contributed by atoms with van der Waals surface area (Å²) in [5.74, 6) is 1.59. The van der Waals surface area contributed by atoms with Gasteiger partial charge in [-0.1, -0.05) is 68.1 Å². The van der Waals surface area contributed by atoms with Crippen LogP contribution in [0.4, 0.5) is 0 Å². The molecular formula is C21H26O2. The smallest absolute Gasteiger partial charge is 0.115 e. The average molecular weight is 310 g/mol. The van der Waals surface area contributed by atoms with Gasteiger partial charge in [0.1, 0.15) is 5.75 Å². The molecule has 2 heteroatoms. The first-order valence-electron chi connectivity index (χ1n) is 8.72. The highest BCUT2D eigenvalue weighted by Crippen LogP contribution is 2.39. The Morgan fingerprint density at radius 1 is 0.870 bits per heavy atom. The summed E-state index contributed by atoms with van der Waals surface area (Å²) in [6.45, 7) is 0.270. The molecule has 0 saturated heterocycles. The molecule has 0 heterocycles. The van der Waals surface area contributed by atoms with Crippen molar-refractivity contribution in [3.05, 3.63) is 65.7 Å². The Morgan fingerprint density at radius 3 is 2.09 bits per heavy atom. The van der Waals surface area contributed by atoms with Gasteiger partial charge in [-0.2, -0.15) is 0 Å². The Kier molecular flexibility index (Phi) is 5.35. The van der Waals surface area contributed by atoms with Gasteiger partial charge in [-0.3, -0.25) is 0 Å². The van der Waals surface area contributed by atoms with Crippen LogP contribution in [0.15, 0.2) is 54.6 Å². The van der Waals surface area contributed by atoms with Gasteiger partial charge in [-0.05, 0) is 41.5 Å². The number of phenolic OH excluding ortho intramolecular Hbond substituents is 1. The topological polar surface area (TPSA) is 40.5 Å². The molecule has 3 rings (SSSR count). The number of rotatable bonds is 6. The van der Waals surface area contributed by atoms with Crippen molar-refractivity contribution < 1.29 is 10.2 Å². The third-order valence-corrected chi connectivity index (χ3v) is 5.34. The van der Waals surface area contributed by atoms with Crippen LogP contribution in [-0.4, -0.2) is 16.8 Å². The molecule has 0 radical (unpaired) electrons. The van der Waals surface area contributed by atoms with Crippen molar-refractivity contribution in [3.63, 3.8) is 0 Å². The van der Waals surface area contributed by atoms with Crippen molar-refractivity contribution in [2.45, 2.75) is 38.0 Å². The largest absolute Gasteiger partial charge is 0.508 e. The predicted molar refractivity (Wildman–Crippen MR) is 93.5 cm³/mol. The first-order valence-corrected chi connectivity index (χ1v) is 8.72. The van der Waals surface area contributed by atoms with Crippen LogP contribution < -0.4 is 0 Å². The normalized spacial score (nSPS) is 18.0. The Hall–Kier alpha value is -1.80. The Labute approximate surface area is 138 Å². The van der Waals surface area contributed by atoms with Crippen LogP contribution in [0, 0.1) is 11.8 Å². The van der Waals surface area contributed by atoms with Crippen LogP contribution in [-0.2, 0) is 0 Å². The zero-order valence-corrected chi connectivity index (χ0v) is 13.6. The van der Waals surface area contributed by atoms with Crippen molar-refractivity contribution in [2.75, 3.05) is 6.61 Å². The Morgan fingerprint density at radius 2 is 1.48 bits per heavy atom. The minimum Gasteiger partial charge on any atom is -0.508 e. The number of benzene rings is 2. The van der Waals surface area contributed by atoms with Crippen molar-refractivity contribution in [3.8, 4) is 5.75 Å². The number of aliphatic hydroxyl groups excluding tert-OH is 1. The molecule has 2 unspecified atom stereocenters. The first kappa shape index (κ1) is 16.1. The van der Waals surface area contributed by atoms with E-state index in [4.69, 9.17) is 0 Å². The van der Waals surface area contributed by atoms with E-state index in [9.17, 15) is 10.2 Å². The monoisotopic (exact) mass is 310 g/mol. The lowest BCUT2D eigenvalue weighted by Gasteiger charge is -2.27. The van der Waals surface area contributed by atoms with Crippen molar-refractivity contribution in [2.24, 2.45) is 11.8 Å². The van der Waals surface area contributed by atoms with E-state index in [0.29, 0.717) is 17.6 Å². The second-order valence-electron chi connectivity index (χ2n) is 6.78. The molecule has 2 aromatic rings. The van der Waals surface area contributed by atoms with E-state index in [1.54, 1.807) is 12.1 Å². The highest BCUT2D eigenvalue weighted by atomic mass is 16.3. The SMILES string of the molecule is OCC(CC(c1ccccc1)c1ccc(O)cc1)C1CCCC1. The number of phenols is 1. The fraction of sp³-hybridized carbons (Fsp3) is 0.429. The second-order valence-corrected chi connectivity index (χ2v) is 6.78. The fourth-order valence-electron chi connectivity index (χ4n) is 4.00. The maximum absolute atomic E-state index is 9.93. The highest BCUT2D eigenvalue weighted by Gasteiger charge is 2.28. The number of aromatic hydroxyl groups is 1. The summed E-state index contributed by atoms with van der Waals surface area (Å²) in [6, 6.07) is 18.1. The highest BCUT2D eigenvalue weighted by molar-refractivity contribution is 5.35. The molecule has 2 N–H and O–H groups in total. The van der Waals surface area contributed by atoms with Gasteiger partial charge in [0, 0.05) is 12.5 Å². The summed E-state index contributed by atoms with van der Waals surface area (Å²) in [6.07, 6.45) is 6.08. The van der Waals surface area contributed by atoms with E-state index in [0.717, 1.165) is 6.42 Å². The summed E-state index contributed by atoms with van der Waals surface area (Å²) >= 11 is 0. The predicted octanol–water partition coefficient (Wildman–Crippen LogP) is 4.71. The van der Waals surface area contributed by atoms with E-state index >= 15 is 0 Å². The minimum atomic E-state index is 0.270. The molecule has 0 bridgehead atoms. The molecule has 122 valence electrons. The van der Waals surface area contributed by atoms with Crippen molar-refractivity contribution in [1.82, 2.24) is 0 Å². The third-order valence-electron chi connectivity index (χ3n) is 5.34. The van der Waals surface area contributed by atoms with Gasteiger partial charge in [0.05, 0.1) is 0 Å². The van der Waals surface area contributed by atoms with Crippen LogP contribution >= 0.6 is 0 Å². The lowest BCUT2D eigenvalue weighted by atomic mass is 9.78. The zero-order chi connectivity index (χ0) is 16.1. The molecule has 0 spiro atoms. The van der Waals surface area contributed by atoms with E-state index in [1.165, 1.54) is 36.8 Å². The molecule has 2 nitrogen and oxygen atoms in total.